The van der Waals surface area contributed by atoms with E-state index in [2.05, 4.69) is 31.4 Å². The van der Waals surface area contributed by atoms with E-state index < -0.39 is 0 Å². The Morgan fingerprint density at radius 2 is 2.10 bits per heavy atom. The summed E-state index contributed by atoms with van der Waals surface area (Å²) in [4.78, 5) is 11.6. The lowest BCUT2D eigenvalue weighted by atomic mass is 10.1. The molecule has 0 atom stereocenters. The smallest absolute Gasteiger partial charge is 0.226 e. The van der Waals surface area contributed by atoms with Gasteiger partial charge in [-0.15, -0.1) is 0 Å². The molecule has 0 aliphatic rings. The number of H-pyrrole nitrogens is 1. The average molecular weight is 337 g/mol. The zero-order chi connectivity index (χ0) is 14.5. The fourth-order valence-electron chi connectivity index (χ4n) is 1.99. The van der Waals surface area contributed by atoms with E-state index in [4.69, 9.17) is 5.73 Å². The molecule has 1 heterocycles. The number of carbonyl (C=O) groups is 1. The molecular weight excluding hydrogens is 320 g/mol. The van der Waals surface area contributed by atoms with Crippen LogP contribution in [-0.4, -0.2) is 22.6 Å². The zero-order valence-electron chi connectivity index (χ0n) is 11.2. The normalized spacial score (nSPS) is 10.6. The van der Waals surface area contributed by atoms with Crippen LogP contribution in [-0.2, 0) is 11.2 Å². The van der Waals surface area contributed by atoms with Gasteiger partial charge in [-0.3, -0.25) is 9.89 Å². The zero-order valence-corrected chi connectivity index (χ0v) is 12.8. The summed E-state index contributed by atoms with van der Waals surface area (Å²) in [6, 6.07) is 7.95. The van der Waals surface area contributed by atoms with Crippen LogP contribution in [0.25, 0.3) is 11.3 Å². The minimum absolute atomic E-state index is 0.115. The Kier molecular flexibility index (Phi) is 4.92. The van der Waals surface area contributed by atoms with Crippen molar-refractivity contribution in [1.29, 1.82) is 0 Å². The van der Waals surface area contributed by atoms with Crippen LogP contribution in [0.3, 0.4) is 0 Å². The van der Waals surface area contributed by atoms with Gasteiger partial charge in [0.25, 0.3) is 0 Å². The standard InChI is InChI=1S/C14H17BrN4O/c1-2-11-13(9-3-5-10(15)6-4-9)18-19-14(11)17-12(20)7-8-16/h3-6H,2,7-8,16H2,1H3,(H2,17,18,19,20). The molecule has 1 aromatic heterocycles. The molecule has 106 valence electrons. The first-order valence-corrected chi connectivity index (χ1v) is 7.28. The summed E-state index contributed by atoms with van der Waals surface area (Å²) in [6.07, 6.45) is 1.07. The Hall–Kier alpha value is -1.66. The topological polar surface area (TPSA) is 83.8 Å². The van der Waals surface area contributed by atoms with E-state index in [9.17, 15) is 4.79 Å². The molecule has 6 heteroatoms. The van der Waals surface area contributed by atoms with E-state index in [1.54, 1.807) is 0 Å². The van der Waals surface area contributed by atoms with E-state index in [-0.39, 0.29) is 5.91 Å². The third-order valence-electron chi connectivity index (χ3n) is 2.98. The quantitative estimate of drug-likeness (QED) is 0.784. The van der Waals surface area contributed by atoms with Crippen LogP contribution in [0, 0.1) is 0 Å². The number of hydrogen-bond acceptors (Lipinski definition) is 3. The van der Waals surface area contributed by atoms with Crippen LogP contribution in [0.2, 0.25) is 0 Å². The van der Waals surface area contributed by atoms with Crippen LogP contribution in [0.5, 0.6) is 0 Å². The summed E-state index contributed by atoms with van der Waals surface area (Å²) in [5.41, 5.74) is 8.34. The number of aromatic amines is 1. The largest absolute Gasteiger partial charge is 0.330 e. The number of rotatable bonds is 5. The Morgan fingerprint density at radius 1 is 1.40 bits per heavy atom. The summed E-state index contributed by atoms with van der Waals surface area (Å²) >= 11 is 3.41. The Labute approximate surface area is 126 Å². The van der Waals surface area contributed by atoms with Gasteiger partial charge in [0.15, 0.2) is 5.82 Å². The maximum absolute atomic E-state index is 11.6. The molecule has 0 bridgehead atoms. The van der Waals surface area contributed by atoms with Crippen LogP contribution < -0.4 is 11.1 Å². The number of carbonyl (C=O) groups excluding carboxylic acids is 1. The average Bonchev–Trinajstić information content (AvgIpc) is 2.82. The van der Waals surface area contributed by atoms with Gasteiger partial charge in [0.05, 0.1) is 5.69 Å². The second-order valence-electron chi connectivity index (χ2n) is 4.37. The highest BCUT2D eigenvalue weighted by Gasteiger charge is 2.14. The maximum Gasteiger partial charge on any atom is 0.226 e. The number of aromatic nitrogens is 2. The summed E-state index contributed by atoms with van der Waals surface area (Å²) < 4.78 is 1.02. The van der Waals surface area contributed by atoms with Crippen LogP contribution in [0.1, 0.15) is 18.9 Å². The number of nitrogens with two attached hydrogens (primary N) is 1. The molecule has 1 amide bonds. The van der Waals surface area contributed by atoms with E-state index in [0.717, 1.165) is 27.7 Å². The number of amides is 1. The monoisotopic (exact) mass is 336 g/mol. The fraction of sp³-hybridized carbons (Fsp3) is 0.286. The molecule has 1 aromatic carbocycles. The van der Waals surface area contributed by atoms with Crippen LogP contribution in [0.4, 0.5) is 5.82 Å². The molecule has 0 spiro atoms. The van der Waals surface area contributed by atoms with Crippen molar-refractivity contribution in [2.45, 2.75) is 19.8 Å². The number of benzene rings is 1. The summed E-state index contributed by atoms with van der Waals surface area (Å²) in [5, 5.41) is 9.99. The highest BCUT2D eigenvalue weighted by Crippen LogP contribution is 2.28. The minimum Gasteiger partial charge on any atom is -0.330 e. The Morgan fingerprint density at radius 3 is 2.70 bits per heavy atom. The molecular formula is C14H17BrN4O. The molecule has 0 unspecified atom stereocenters. The van der Waals surface area contributed by atoms with E-state index in [0.29, 0.717) is 18.8 Å². The minimum atomic E-state index is -0.115. The Balaban J connectivity index is 2.29. The number of halogens is 1. The SMILES string of the molecule is CCc1c(NC(=O)CCN)n[nH]c1-c1ccc(Br)cc1. The maximum atomic E-state index is 11.6. The van der Waals surface area contributed by atoms with Crippen molar-refractivity contribution in [3.05, 3.63) is 34.3 Å². The highest BCUT2D eigenvalue weighted by atomic mass is 79.9. The van der Waals surface area contributed by atoms with Crippen LogP contribution >= 0.6 is 15.9 Å². The van der Waals surface area contributed by atoms with Gasteiger partial charge < -0.3 is 11.1 Å². The molecule has 2 aromatic rings. The fourth-order valence-corrected chi connectivity index (χ4v) is 2.26. The van der Waals surface area contributed by atoms with Gasteiger partial charge in [-0.2, -0.15) is 5.10 Å². The van der Waals surface area contributed by atoms with Gasteiger partial charge in [-0.25, -0.2) is 0 Å². The van der Waals surface area contributed by atoms with E-state index >= 15 is 0 Å². The molecule has 0 radical (unpaired) electrons. The molecule has 0 aliphatic carbocycles. The van der Waals surface area contributed by atoms with Crippen molar-refractivity contribution in [3.63, 3.8) is 0 Å². The first-order chi connectivity index (χ1) is 9.65. The molecule has 0 fully saturated rings. The van der Waals surface area contributed by atoms with Gasteiger partial charge in [0, 0.05) is 23.0 Å². The number of hydrogen-bond donors (Lipinski definition) is 3. The van der Waals surface area contributed by atoms with Crippen molar-refractivity contribution < 1.29 is 4.79 Å². The number of nitrogens with zero attached hydrogens (tertiary/aromatic N) is 1. The lowest BCUT2D eigenvalue weighted by Gasteiger charge is -2.05. The lowest BCUT2D eigenvalue weighted by molar-refractivity contribution is -0.116. The first kappa shape index (κ1) is 14.7. The molecule has 0 saturated carbocycles. The second-order valence-corrected chi connectivity index (χ2v) is 5.29. The number of anilines is 1. The third kappa shape index (κ3) is 3.26. The molecule has 0 aliphatic heterocycles. The van der Waals surface area contributed by atoms with Crippen LogP contribution in [0.15, 0.2) is 28.7 Å². The van der Waals surface area contributed by atoms with Gasteiger partial charge in [-0.05, 0) is 24.1 Å². The third-order valence-corrected chi connectivity index (χ3v) is 3.51. The molecule has 0 saturated heterocycles. The second kappa shape index (κ2) is 6.67. The number of nitrogens with one attached hydrogen (secondary N) is 2. The molecule has 20 heavy (non-hydrogen) atoms. The first-order valence-electron chi connectivity index (χ1n) is 6.48. The van der Waals surface area contributed by atoms with Crippen molar-refractivity contribution >= 4 is 27.7 Å². The predicted octanol–water partition coefficient (Wildman–Crippen LogP) is 2.69. The summed E-state index contributed by atoms with van der Waals surface area (Å²) in [5.74, 6) is 0.472. The molecule has 2 rings (SSSR count). The summed E-state index contributed by atoms with van der Waals surface area (Å²) in [7, 11) is 0. The van der Waals surface area contributed by atoms with Crippen molar-refractivity contribution in [1.82, 2.24) is 10.2 Å². The van der Waals surface area contributed by atoms with Gasteiger partial charge >= 0.3 is 0 Å². The lowest BCUT2D eigenvalue weighted by Crippen LogP contribution is -2.17. The van der Waals surface area contributed by atoms with E-state index in [1.807, 2.05) is 31.2 Å². The van der Waals surface area contributed by atoms with Gasteiger partial charge in [0.2, 0.25) is 5.91 Å². The van der Waals surface area contributed by atoms with Gasteiger partial charge in [0.1, 0.15) is 0 Å². The molecule has 4 N–H and O–H groups in total. The van der Waals surface area contributed by atoms with E-state index in [1.165, 1.54) is 0 Å². The van der Waals surface area contributed by atoms with Crippen molar-refractivity contribution in [2.75, 3.05) is 11.9 Å². The predicted molar refractivity (Wildman–Crippen MR) is 83.4 cm³/mol. The Bertz CT molecular complexity index is 592. The van der Waals surface area contributed by atoms with Crippen molar-refractivity contribution in [2.24, 2.45) is 5.73 Å². The summed E-state index contributed by atoms with van der Waals surface area (Å²) in [6.45, 7) is 2.36. The highest BCUT2D eigenvalue weighted by molar-refractivity contribution is 9.10. The van der Waals surface area contributed by atoms with Crippen molar-refractivity contribution in [3.8, 4) is 11.3 Å². The van der Waals surface area contributed by atoms with Gasteiger partial charge in [-0.1, -0.05) is 35.0 Å². The molecule has 5 nitrogen and oxygen atoms in total.